The molecule has 1 heterocycles. The summed E-state index contributed by atoms with van der Waals surface area (Å²) in [5.41, 5.74) is 0.890. The van der Waals surface area contributed by atoms with Crippen LogP contribution in [0.25, 0.3) is 0 Å². The zero-order valence-corrected chi connectivity index (χ0v) is 15.0. The van der Waals surface area contributed by atoms with E-state index in [2.05, 4.69) is 41.4 Å². The molecule has 0 bridgehead atoms. The molecule has 0 saturated carbocycles. The lowest BCUT2D eigenvalue weighted by Gasteiger charge is -2.12. The first kappa shape index (κ1) is 18.9. The maximum absolute atomic E-state index is 5.10. The second-order valence-electron chi connectivity index (χ2n) is 4.64. The van der Waals surface area contributed by atoms with Gasteiger partial charge in [-0.1, -0.05) is 19.9 Å². The Morgan fingerprint density at radius 2 is 2.10 bits per heavy atom. The van der Waals surface area contributed by atoms with Gasteiger partial charge in [-0.3, -0.25) is 0 Å². The Kier molecular flexibility index (Phi) is 10.1. The van der Waals surface area contributed by atoms with Gasteiger partial charge < -0.3 is 15.4 Å². The molecule has 1 aromatic heterocycles. The Hall–Kier alpha value is -1.05. The molecule has 0 fully saturated rings. The van der Waals surface area contributed by atoms with Crippen LogP contribution in [0.4, 0.5) is 0 Å². The molecule has 0 aliphatic heterocycles. The van der Waals surface area contributed by atoms with Crippen LogP contribution in [0.15, 0.2) is 23.2 Å². The third-order valence-electron chi connectivity index (χ3n) is 2.41. The summed E-state index contributed by atoms with van der Waals surface area (Å²) < 4.78 is 5.10. The van der Waals surface area contributed by atoms with Crippen LogP contribution >= 0.6 is 24.0 Å². The molecule has 2 N–H and O–H groups in total. The van der Waals surface area contributed by atoms with E-state index in [1.807, 2.05) is 18.2 Å². The van der Waals surface area contributed by atoms with Gasteiger partial charge in [0, 0.05) is 19.2 Å². The Bertz CT molecular complexity index is 410. The smallest absolute Gasteiger partial charge is 0.213 e. The maximum Gasteiger partial charge on any atom is 0.213 e. The molecule has 0 spiro atoms. The van der Waals surface area contributed by atoms with E-state index in [4.69, 9.17) is 4.74 Å². The molecular weight excluding hydrogens is 367 g/mol. The van der Waals surface area contributed by atoms with E-state index in [1.54, 1.807) is 7.11 Å². The van der Waals surface area contributed by atoms with Gasteiger partial charge in [-0.2, -0.15) is 0 Å². The summed E-state index contributed by atoms with van der Waals surface area (Å²) >= 11 is 0. The molecule has 1 aromatic rings. The summed E-state index contributed by atoms with van der Waals surface area (Å²) in [6.07, 6.45) is 0. The zero-order valence-electron chi connectivity index (χ0n) is 12.6. The molecule has 114 valence electrons. The van der Waals surface area contributed by atoms with Gasteiger partial charge >= 0.3 is 0 Å². The van der Waals surface area contributed by atoms with Crippen molar-refractivity contribution in [3.05, 3.63) is 23.9 Å². The van der Waals surface area contributed by atoms with Crippen molar-refractivity contribution in [1.82, 2.24) is 15.6 Å². The lowest BCUT2D eigenvalue weighted by molar-refractivity contribution is 0.396. The monoisotopic (exact) mass is 392 g/mol. The third-order valence-corrected chi connectivity index (χ3v) is 2.41. The van der Waals surface area contributed by atoms with Gasteiger partial charge in [-0.25, -0.2) is 9.98 Å². The zero-order chi connectivity index (χ0) is 14.1. The molecule has 0 aromatic carbocycles. The van der Waals surface area contributed by atoms with Crippen molar-refractivity contribution in [2.24, 2.45) is 10.9 Å². The van der Waals surface area contributed by atoms with Crippen molar-refractivity contribution >= 4 is 29.9 Å². The predicted molar refractivity (Wildman–Crippen MR) is 93.9 cm³/mol. The molecule has 0 radical (unpaired) electrons. The molecule has 20 heavy (non-hydrogen) atoms. The van der Waals surface area contributed by atoms with Gasteiger partial charge in [0.25, 0.3) is 0 Å². The van der Waals surface area contributed by atoms with Crippen molar-refractivity contribution in [1.29, 1.82) is 0 Å². The number of guanidine groups is 1. The first-order chi connectivity index (χ1) is 9.15. The topological polar surface area (TPSA) is 58.5 Å². The van der Waals surface area contributed by atoms with Gasteiger partial charge in [0.2, 0.25) is 5.88 Å². The van der Waals surface area contributed by atoms with E-state index in [1.165, 1.54) is 0 Å². The minimum Gasteiger partial charge on any atom is -0.481 e. The number of aliphatic imine (C=N–C) groups is 1. The molecular formula is C14H25IN4O. The number of hydrogen-bond donors (Lipinski definition) is 2. The van der Waals surface area contributed by atoms with E-state index in [0.717, 1.165) is 24.7 Å². The average molecular weight is 392 g/mol. The van der Waals surface area contributed by atoms with Crippen LogP contribution in [0, 0.1) is 5.92 Å². The summed E-state index contributed by atoms with van der Waals surface area (Å²) in [4.78, 5) is 8.84. The summed E-state index contributed by atoms with van der Waals surface area (Å²) in [6, 6.07) is 5.69. The number of methoxy groups -OCH3 is 1. The van der Waals surface area contributed by atoms with Crippen LogP contribution < -0.4 is 15.4 Å². The van der Waals surface area contributed by atoms with Crippen LogP contribution in [0.5, 0.6) is 5.88 Å². The van der Waals surface area contributed by atoms with Crippen LogP contribution in [-0.2, 0) is 6.54 Å². The quantitative estimate of drug-likeness (QED) is 0.444. The first-order valence-corrected chi connectivity index (χ1v) is 6.67. The number of pyridine rings is 1. The minimum absolute atomic E-state index is 0. The molecule has 0 atom stereocenters. The number of nitrogens with one attached hydrogen (secondary N) is 2. The molecule has 0 aliphatic carbocycles. The fraction of sp³-hybridized carbons (Fsp3) is 0.571. The molecule has 0 aliphatic rings. The molecule has 5 nitrogen and oxygen atoms in total. The van der Waals surface area contributed by atoms with Crippen molar-refractivity contribution in [3.8, 4) is 5.88 Å². The first-order valence-electron chi connectivity index (χ1n) is 6.67. The second-order valence-corrected chi connectivity index (χ2v) is 4.64. The Labute approximate surface area is 138 Å². The maximum atomic E-state index is 5.10. The van der Waals surface area contributed by atoms with Crippen LogP contribution in [0.3, 0.4) is 0 Å². The predicted octanol–water partition coefficient (Wildman–Crippen LogP) is 2.42. The number of halogens is 1. The van der Waals surface area contributed by atoms with Gasteiger partial charge in [-0.05, 0) is 18.9 Å². The van der Waals surface area contributed by atoms with Crippen molar-refractivity contribution in [2.75, 3.05) is 20.2 Å². The van der Waals surface area contributed by atoms with Gasteiger partial charge in [0.15, 0.2) is 5.96 Å². The minimum atomic E-state index is 0. The van der Waals surface area contributed by atoms with E-state index in [0.29, 0.717) is 18.3 Å². The van der Waals surface area contributed by atoms with E-state index >= 15 is 0 Å². The molecule has 0 amide bonds. The van der Waals surface area contributed by atoms with E-state index < -0.39 is 0 Å². The van der Waals surface area contributed by atoms with Crippen LogP contribution in [0.2, 0.25) is 0 Å². The Balaban J connectivity index is 0.00000361. The highest BCUT2D eigenvalue weighted by Gasteiger charge is 2.00. The third kappa shape index (κ3) is 7.52. The standard InChI is InChI=1S/C14H24N4O.HI/c1-5-15-14(16-9-11(2)3)17-10-12-7-6-8-13(18-12)19-4;/h6-8,11H,5,9-10H2,1-4H3,(H2,15,16,17);1H. The molecule has 0 unspecified atom stereocenters. The lowest BCUT2D eigenvalue weighted by atomic mass is 10.2. The lowest BCUT2D eigenvalue weighted by Crippen LogP contribution is -2.39. The largest absolute Gasteiger partial charge is 0.481 e. The van der Waals surface area contributed by atoms with Crippen LogP contribution in [0.1, 0.15) is 26.5 Å². The second kappa shape index (κ2) is 10.7. The normalized spacial score (nSPS) is 10.9. The fourth-order valence-corrected chi connectivity index (χ4v) is 1.46. The Morgan fingerprint density at radius 1 is 1.35 bits per heavy atom. The van der Waals surface area contributed by atoms with Gasteiger partial charge in [0.1, 0.15) is 0 Å². The van der Waals surface area contributed by atoms with Crippen LogP contribution in [-0.4, -0.2) is 31.1 Å². The average Bonchev–Trinajstić information content (AvgIpc) is 2.42. The van der Waals surface area contributed by atoms with Crippen molar-refractivity contribution in [2.45, 2.75) is 27.3 Å². The molecule has 0 saturated heterocycles. The number of nitrogens with zero attached hydrogens (tertiary/aromatic N) is 2. The number of ether oxygens (including phenoxy) is 1. The highest BCUT2D eigenvalue weighted by molar-refractivity contribution is 14.0. The molecule has 1 rings (SSSR count). The van der Waals surface area contributed by atoms with Gasteiger partial charge in [0.05, 0.1) is 19.3 Å². The van der Waals surface area contributed by atoms with Crippen molar-refractivity contribution in [3.63, 3.8) is 0 Å². The van der Waals surface area contributed by atoms with E-state index in [9.17, 15) is 0 Å². The highest BCUT2D eigenvalue weighted by atomic mass is 127. The number of rotatable bonds is 6. The summed E-state index contributed by atoms with van der Waals surface area (Å²) in [5, 5.41) is 6.52. The summed E-state index contributed by atoms with van der Waals surface area (Å²) in [5.74, 6) is 2.02. The fourth-order valence-electron chi connectivity index (χ4n) is 1.46. The summed E-state index contributed by atoms with van der Waals surface area (Å²) in [6.45, 7) is 8.66. The van der Waals surface area contributed by atoms with Gasteiger partial charge in [-0.15, -0.1) is 24.0 Å². The molecule has 6 heteroatoms. The van der Waals surface area contributed by atoms with E-state index in [-0.39, 0.29) is 24.0 Å². The van der Waals surface area contributed by atoms with Crippen molar-refractivity contribution < 1.29 is 4.74 Å². The number of hydrogen-bond acceptors (Lipinski definition) is 3. The SMILES string of the molecule is CCNC(=NCc1cccc(OC)n1)NCC(C)C.I. The Morgan fingerprint density at radius 3 is 2.70 bits per heavy atom. The number of aromatic nitrogens is 1. The highest BCUT2D eigenvalue weighted by Crippen LogP contribution is 2.07. The summed E-state index contributed by atoms with van der Waals surface area (Å²) in [7, 11) is 1.61.